The molecule has 0 saturated heterocycles. The van der Waals surface area contributed by atoms with Crippen LogP contribution in [-0.4, -0.2) is 31.7 Å². The van der Waals surface area contributed by atoms with Gasteiger partial charge in [0.15, 0.2) is 0 Å². The highest BCUT2D eigenvalue weighted by molar-refractivity contribution is 5.77. The number of ether oxygens (including phenoxy) is 1. The average molecular weight is 228 g/mol. The molecule has 0 bridgehead atoms. The average Bonchev–Trinajstić information content (AvgIpc) is 2.27. The van der Waals surface area contributed by atoms with Gasteiger partial charge in [-0.3, -0.25) is 4.79 Å². The molecule has 0 heterocycles. The molecular weight excluding hydrogens is 204 g/mol. The van der Waals surface area contributed by atoms with Gasteiger partial charge >= 0.3 is 0 Å². The third-order valence-corrected chi connectivity index (χ3v) is 3.38. The van der Waals surface area contributed by atoms with E-state index in [-0.39, 0.29) is 17.9 Å². The molecule has 16 heavy (non-hydrogen) atoms. The summed E-state index contributed by atoms with van der Waals surface area (Å²) in [5, 5.41) is 3.50. The van der Waals surface area contributed by atoms with E-state index in [0.29, 0.717) is 6.04 Å². The summed E-state index contributed by atoms with van der Waals surface area (Å²) in [7, 11) is 1.71. The van der Waals surface area contributed by atoms with Crippen molar-refractivity contribution in [3.8, 4) is 0 Å². The summed E-state index contributed by atoms with van der Waals surface area (Å²) < 4.78 is 5.04. The second-order valence-corrected chi connectivity index (χ2v) is 4.75. The normalized spacial score (nSPS) is 27.6. The molecule has 0 radical (unpaired) electrons. The molecule has 94 valence electrons. The first-order valence-electron chi connectivity index (χ1n) is 6.19. The molecule has 4 heteroatoms. The Kier molecular flexibility index (Phi) is 5.77. The van der Waals surface area contributed by atoms with Gasteiger partial charge in [0.25, 0.3) is 0 Å². The van der Waals surface area contributed by atoms with Crippen molar-refractivity contribution in [2.75, 3.05) is 13.7 Å². The van der Waals surface area contributed by atoms with Crippen molar-refractivity contribution >= 4 is 5.91 Å². The highest BCUT2D eigenvalue weighted by Crippen LogP contribution is 2.24. The van der Waals surface area contributed by atoms with E-state index in [4.69, 9.17) is 10.5 Å². The van der Waals surface area contributed by atoms with Crippen LogP contribution < -0.4 is 11.1 Å². The van der Waals surface area contributed by atoms with Crippen LogP contribution in [0, 0.1) is 5.92 Å². The van der Waals surface area contributed by atoms with E-state index in [2.05, 4.69) is 12.2 Å². The van der Waals surface area contributed by atoms with Gasteiger partial charge in [0.1, 0.15) is 0 Å². The van der Waals surface area contributed by atoms with Crippen molar-refractivity contribution in [2.24, 2.45) is 11.7 Å². The summed E-state index contributed by atoms with van der Waals surface area (Å²) in [4.78, 5) is 11.3. The van der Waals surface area contributed by atoms with Crippen LogP contribution in [-0.2, 0) is 9.53 Å². The fraction of sp³-hybridized carbons (Fsp3) is 0.917. The van der Waals surface area contributed by atoms with Crippen LogP contribution in [0.4, 0.5) is 0 Å². The molecule has 0 aromatic heterocycles. The second-order valence-electron chi connectivity index (χ2n) is 4.75. The summed E-state index contributed by atoms with van der Waals surface area (Å²) in [5.41, 5.74) is 5.43. The lowest BCUT2D eigenvalue weighted by molar-refractivity contribution is -0.123. The van der Waals surface area contributed by atoms with Gasteiger partial charge in [-0.1, -0.05) is 12.8 Å². The monoisotopic (exact) mass is 228 g/mol. The summed E-state index contributed by atoms with van der Waals surface area (Å²) in [6.07, 6.45) is 5.28. The topological polar surface area (TPSA) is 64.3 Å². The largest absolute Gasteiger partial charge is 0.385 e. The molecule has 1 aliphatic carbocycles. The second kappa shape index (κ2) is 6.86. The molecule has 1 aliphatic rings. The standard InChI is InChI=1S/C12H24N2O2/c1-9(7-8-16-2)14-11-6-4-3-5-10(11)12(13)15/h9-11,14H,3-8H2,1-2H3,(H2,13,15)/t9-,10+,11+/m0/s1. The van der Waals surface area contributed by atoms with Gasteiger partial charge in [0.05, 0.1) is 5.92 Å². The molecule has 3 atom stereocenters. The Hall–Kier alpha value is -0.610. The third-order valence-electron chi connectivity index (χ3n) is 3.38. The van der Waals surface area contributed by atoms with E-state index in [1.807, 2.05) is 0 Å². The summed E-state index contributed by atoms with van der Waals surface area (Å²) in [6, 6.07) is 0.642. The quantitative estimate of drug-likeness (QED) is 0.714. The molecule has 4 nitrogen and oxygen atoms in total. The minimum atomic E-state index is -0.156. The van der Waals surface area contributed by atoms with Crippen molar-refractivity contribution in [1.29, 1.82) is 0 Å². The smallest absolute Gasteiger partial charge is 0.222 e. The Morgan fingerprint density at radius 2 is 2.19 bits per heavy atom. The summed E-state index contributed by atoms with van der Waals surface area (Å²) in [6.45, 7) is 2.88. The van der Waals surface area contributed by atoms with Gasteiger partial charge in [-0.15, -0.1) is 0 Å². The first kappa shape index (κ1) is 13.5. The lowest BCUT2D eigenvalue weighted by Crippen LogP contribution is -2.48. The zero-order valence-electron chi connectivity index (χ0n) is 10.4. The Bertz CT molecular complexity index is 221. The maximum Gasteiger partial charge on any atom is 0.222 e. The maximum atomic E-state index is 11.3. The number of hydrogen-bond acceptors (Lipinski definition) is 3. The van der Waals surface area contributed by atoms with Crippen LogP contribution >= 0.6 is 0 Å². The van der Waals surface area contributed by atoms with Gasteiger partial charge in [-0.05, 0) is 26.2 Å². The van der Waals surface area contributed by atoms with E-state index in [1.54, 1.807) is 7.11 Å². The number of nitrogens with two attached hydrogens (primary N) is 1. The lowest BCUT2D eigenvalue weighted by atomic mass is 9.83. The van der Waals surface area contributed by atoms with Crippen molar-refractivity contribution < 1.29 is 9.53 Å². The van der Waals surface area contributed by atoms with Crippen molar-refractivity contribution in [2.45, 2.75) is 51.1 Å². The molecule has 1 rings (SSSR count). The summed E-state index contributed by atoms with van der Waals surface area (Å²) >= 11 is 0. The highest BCUT2D eigenvalue weighted by Gasteiger charge is 2.29. The Labute approximate surface area is 97.9 Å². The molecular formula is C12H24N2O2. The molecule has 0 aromatic rings. The molecule has 1 fully saturated rings. The van der Waals surface area contributed by atoms with Gasteiger partial charge in [-0.2, -0.15) is 0 Å². The number of hydrogen-bond donors (Lipinski definition) is 2. The van der Waals surface area contributed by atoms with Gasteiger partial charge < -0.3 is 15.8 Å². The molecule has 1 amide bonds. The van der Waals surface area contributed by atoms with Crippen LogP contribution in [0.5, 0.6) is 0 Å². The molecule has 0 aliphatic heterocycles. The molecule has 0 aromatic carbocycles. The molecule has 1 saturated carbocycles. The fourth-order valence-electron chi connectivity index (χ4n) is 2.41. The first-order valence-corrected chi connectivity index (χ1v) is 6.19. The van der Waals surface area contributed by atoms with Crippen molar-refractivity contribution in [1.82, 2.24) is 5.32 Å². The number of primary amides is 1. The number of methoxy groups -OCH3 is 1. The predicted octanol–water partition coefficient (Wildman–Crippen LogP) is 1.05. The van der Waals surface area contributed by atoms with Gasteiger partial charge in [0.2, 0.25) is 5.91 Å². The SMILES string of the molecule is COCC[C@H](C)N[C@@H]1CCCC[C@H]1C(N)=O. The van der Waals surface area contributed by atoms with Crippen molar-refractivity contribution in [3.63, 3.8) is 0 Å². The van der Waals surface area contributed by atoms with Crippen LogP contribution in [0.2, 0.25) is 0 Å². The number of amides is 1. The first-order chi connectivity index (χ1) is 7.65. The van der Waals surface area contributed by atoms with E-state index in [1.165, 1.54) is 6.42 Å². The zero-order valence-corrected chi connectivity index (χ0v) is 10.4. The maximum absolute atomic E-state index is 11.3. The van der Waals surface area contributed by atoms with Crippen LogP contribution in [0.1, 0.15) is 39.0 Å². The minimum absolute atomic E-state index is 0.0127. The number of nitrogens with one attached hydrogen (secondary N) is 1. The molecule has 0 unspecified atom stereocenters. The third kappa shape index (κ3) is 4.10. The Morgan fingerprint density at radius 1 is 1.50 bits per heavy atom. The molecule has 0 spiro atoms. The fourth-order valence-corrected chi connectivity index (χ4v) is 2.41. The van der Waals surface area contributed by atoms with E-state index < -0.39 is 0 Å². The van der Waals surface area contributed by atoms with Crippen LogP contribution in [0.25, 0.3) is 0 Å². The summed E-state index contributed by atoms with van der Waals surface area (Å²) in [5.74, 6) is -0.144. The predicted molar refractivity (Wildman–Crippen MR) is 64.0 cm³/mol. The van der Waals surface area contributed by atoms with Crippen LogP contribution in [0.15, 0.2) is 0 Å². The lowest BCUT2D eigenvalue weighted by Gasteiger charge is -2.32. The Morgan fingerprint density at radius 3 is 2.81 bits per heavy atom. The van der Waals surface area contributed by atoms with E-state index >= 15 is 0 Å². The van der Waals surface area contributed by atoms with E-state index in [9.17, 15) is 4.79 Å². The van der Waals surface area contributed by atoms with Crippen LogP contribution in [0.3, 0.4) is 0 Å². The number of carbonyl (C=O) groups is 1. The number of carbonyl (C=O) groups excluding carboxylic acids is 1. The van der Waals surface area contributed by atoms with Crippen molar-refractivity contribution in [3.05, 3.63) is 0 Å². The molecule has 3 N–H and O–H groups in total. The van der Waals surface area contributed by atoms with Gasteiger partial charge in [0, 0.05) is 25.8 Å². The minimum Gasteiger partial charge on any atom is -0.385 e. The Balaban J connectivity index is 2.39. The zero-order chi connectivity index (χ0) is 12.0. The van der Waals surface area contributed by atoms with Gasteiger partial charge in [-0.25, -0.2) is 0 Å². The number of rotatable bonds is 6. The highest BCUT2D eigenvalue weighted by atomic mass is 16.5. The van der Waals surface area contributed by atoms with E-state index in [0.717, 1.165) is 32.3 Å².